The van der Waals surface area contributed by atoms with Crippen LogP contribution in [0.2, 0.25) is 0 Å². The Labute approximate surface area is 150 Å². The summed E-state index contributed by atoms with van der Waals surface area (Å²) in [6.45, 7) is 8.78. The lowest BCUT2D eigenvalue weighted by Crippen LogP contribution is -2.45. The van der Waals surface area contributed by atoms with Crippen LogP contribution >= 0.6 is 28.3 Å². The number of morpholine rings is 1. The van der Waals surface area contributed by atoms with Crippen LogP contribution < -0.4 is 0 Å². The predicted molar refractivity (Wildman–Crippen MR) is 94.1 cm³/mol. The summed E-state index contributed by atoms with van der Waals surface area (Å²) in [5.74, 6) is 0.853. The van der Waals surface area contributed by atoms with Crippen LogP contribution in [-0.4, -0.2) is 50.4 Å². The summed E-state index contributed by atoms with van der Waals surface area (Å²) in [4.78, 5) is 2.34. The van der Waals surface area contributed by atoms with E-state index in [1.165, 1.54) is 0 Å². The fourth-order valence-corrected chi connectivity index (χ4v) is 3.44. The van der Waals surface area contributed by atoms with Gasteiger partial charge < -0.3 is 4.74 Å². The minimum atomic E-state index is 0. The molecule has 3 rings (SSSR count). The number of halogens is 2. The van der Waals surface area contributed by atoms with E-state index in [9.17, 15) is 0 Å². The monoisotopic (exact) mass is 401 g/mol. The van der Waals surface area contributed by atoms with E-state index >= 15 is 0 Å². The smallest absolute Gasteiger partial charge is 0.170 e. The van der Waals surface area contributed by atoms with Crippen LogP contribution in [0.15, 0.2) is 22.7 Å². The largest absolute Gasteiger partial charge is 0.373 e. The number of nitrogens with zero attached hydrogens (tertiary/aromatic N) is 5. The molecule has 2 heterocycles. The van der Waals surface area contributed by atoms with Crippen molar-refractivity contribution in [1.29, 1.82) is 0 Å². The van der Waals surface area contributed by atoms with Crippen LogP contribution in [0, 0.1) is 6.92 Å². The van der Waals surface area contributed by atoms with Crippen molar-refractivity contribution >= 4 is 28.3 Å². The standard InChI is InChI=1S/C15H20BrN5O.ClH/c1-10-6-13(16)4-5-14(10)21-15(17-18-19-21)9-20-7-11(2)22-12(3)8-20;/h4-6,11-12H,7-9H2,1-3H3;1H/t11-,12+;. The van der Waals surface area contributed by atoms with Crippen molar-refractivity contribution in [2.75, 3.05) is 13.1 Å². The number of tetrazole rings is 1. The second-order valence-electron chi connectivity index (χ2n) is 5.89. The third-order valence-electron chi connectivity index (χ3n) is 3.78. The van der Waals surface area contributed by atoms with Crippen LogP contribution in [0.1, 0.15) is 25.2 Å². The summed E-state index contributed by atoms with van der Waals surface area (Å²) in [5.41, 5.74) is 2.14. The van der Waals surface area contributed by atoms with Gasteiger partial charge in [-0.1, -0.05) is 15.9 Å². The second kappa shape index (κ2) is 7.70. The summed E-state index contributed by atoms with van der Waals surface area (Å²) < 4.78 is 8.66. The number of hydrogen-bond donors (Lipinski definition) is 0. The van der Waals surface area contributed by atoms with Crippen LogP contribution in [0.25, 0.3) is 5.69 Å². The zero-order chi connectivity index (χ0) is 15.7. The van der Waals surface area contributed by atoms with E-state index in [1.54, 1.807) is 0 Å². The molecular weight excluding hydrogens is 382 g/mol. The van der Waals surface area contributed by atoms with Crippen molar-refractivity contribution in [2.45, 2.75) is 39.5 Å². The molecule has 2 aromatic rings. The molecule has 23 heavy (non-hydrogen) atoms. The molecule has 0 amide bonds. The van der Waals surface area contributed by atoms with Crippen LogP contribution in [0.3, 0.4) is 0 Å². The van der Waals surface area contributed by atoms with Crippen molar-refractivity contribution in [2.24, 2.45) is 0 Å². The topological polar surface area (TPSA) is 56.1 Å². The molecule has 0 spiro atoms. The summed E-state index contributed by atoms with van der Waals surface area (Å²) in [6.07, 6.45) is 0.477. The predicted octanol–water partition coefficient (Wildman–Crippen LogP) is 2.76. The van der Waals surface area contributed by atoms with Gasteiger partial charge in [0.25, 0.3) is 0 Å². The van der Waals surface area contributed by atoms with Gasteiger partial charge in [-0.05, 0) is 55.0 Å². The third kappa shape index (κ3) is 4.29. The maximum absolute atomic E-state index is 5.78. The molecule has 2 atom stereocenters. The Kier molecular flexibility index (Phi) is 6.13. The molecule has 1 fully saturated rings. The number of aromatic nitrogens is 4. The van der Waals surface area contributed by atoms with Gasteiger partial charge in [0.1, 0.15) is 0 Å². The Bertz CT molecular complexity index is 655. The fourth-order valence-electron chi connectivity index (χ4n) is 2.96. The van der Waals surface area contributed by atoms with E-state index in [2.05, 4.69) is 63.2 Å². The number of hydrogen-bond acceptors (Lipinski definition) is 5. The van der Waals surface area contributed by atoms with E-state index in [4.69, 9.17) is 4.74 Å². The van der Waals surface area contributed by atoms with Crippen LogP contribution in [0.5, 0.6) is 0 Å². The highest BCUT2D eigenvalue weighted by molar-refractivity contribution is 9.10. The van der Waals surface area contributed by atoms with E-state index in [0.29, 0.717) is 0 Å². The average Bonchev–Trinajstić information content (AvgIpc) is 2.85. The minimum absolute atomic E-state index is 0. The van der Waals surface area contributed by atoms with Gasteiger partial charge in [-0.2, -0.15) is 4.68 Å². The zero-order valence-corrected chi connectivity index (χ0v) is 15.8. The second-order valence-corrected chi connectivity index (χ2v) is 6.80. The molecule has 1 aliphatic heterocycles. The molecule has 0 radical (unpaired) electrons. The molecule has 6 nitrogen and oxygen atoms in total. The highest BCUT2D eigenvalue weighted by atomic mass is 79.9. The van der Waals surface area contributed by atoms with Crippen molar-refractivity contribution in [3.63, 3.8) is 0 Å². The molecule has 0 aliphatic carbocycles. The van der Waals surface area contributed by atoms with Crippen molar-refractivity contribution < 1.29 is 4.74 Å². The summed E-state index contributed by atoms with van der Waals surface area (Å²) in [5, 5.41) is 12.2. The average molecular weight is 403 g/mol. The van der Waals surface area contributed by atoms with Crippen LogP contribution in [0.4, 0.5) is 0 Å². The molecule has 1 aromatic heterocycles. The van der Waals surface area contributed by atoms with Gasteiger partial charge in [0.2, 0.25) is 0 Å². The van der Waals surface area contributed by atoms with Gasteiger partial charge in [0.15, 0.2) is 5.82 Å². The maximum Gasteiger partial charge on any atom is 0.170 e. The van der Waals surface area contributed by atoms with E-state index in [1.807, 2.05) is 16.8 Å². The molecular formula is C15H21BrClN5O. The zero-order valence-electron chi connectivity index (χ0n) is 13.4. The Hall–Kier alpha value is -1.02. The lowest BCUT2D eigenvalue weighted by Gasteiger charge is -2.34. The number of aryl methyl sites for hydroxylation is 1. The molecule has 1 aliphatic rings. The lowest BCUT2D eigenvalue weighted by molar-refractivity contribution is -0.0712. The number of ether oxygens (including phenoxy) is 1. The Morgan fingerprint density at radius 3 is 2.61 bits per heavy atom. The molecule has 0 bridgehead atoms. The molecule has 0 saturated carbocycles. The molecule has 0 unspecified atom stereocenters. The lowest BCUT2D eigenvalue weighted by atomic mass is 10.2. The SMILES string of the molecule is Cc1cc(Br)ccc1-n1nnnc1CN1C[C@@H](C)O[C@@H](C)C1.Cl. The van der Waals surface area contributed by atoms with Gasteiger partial charge in [0.05, 0.1) is 24.4 Å². The third-order valence-corrected chi connectivity index (χ3v) is 4.27. The summed E-state index contributed by atoms with van der Waals surface area (Å²) >= 11 is 3.49. The maximum atomic E-state index is 5.78. The van der Waals surface area contributed by atoms with Crippen molar-refractivity contribution in [3.8, 4) is 5.69 Å². The quantitative estimate of drug-likeness (QED) is 0.790. The highest BCUT2D eigenvalue weighted by Crippen LogP contribution is 2.20. The molecule has 0 N–H and O–H groups in total. The summed E-state index contributed by atoms with van der Waals surface area (Å²) in [7, 11) is 0. The number of rotatable bonds is 3. The Morgan fingerprint density at radius 2 is 1.96 bits per heavy atom. The van der Waals surface area contributed by atoms with Gasteiger partial charge >= 0.3 is 0 Å². The molecule has 8 heteroatoms. The van der Waals surface area contributed by atoms with Gasteiger partial charge in [-0.15, -0.1) is 17.5 Å². The Morgan fingerprint density at radius 1 is 1.26 bits per heavy atom. The van der Waals surface area contributed by atoms with E-state index in [-0.39, 0.29) is 24.6 Å². The first-order valence-electron chi connectivity index (χ1n) is 7.44. The van der Waals surface area contributed by atoms with Crippen molar-refractivity contribution in [1.82, 2.24) is 25.1 Å². The van der Waals surface area contributed by atoms with Gasteiger partial charge in [0, 0.05) is 17.6 Å². The van der Waals surface area contributed by atoms with Gasteiger partial charge in [-0.3, -0.25) is 4.90 Å². The molecule has 1 aromatic carbocycles. The first kappa shape index (κ1) is 18.3. The summed E-state index contributed by atoms with van der Waals surface area (Å²) in [6, 6.07) is 6.11. The fraction of sp³-hybridized carbons (Fsp3) is 0.533. The normalized spacial score (nSPS) is 21.9. The first-order chi connectivity index (χ1) is 10.5. The molecule has 1 saturated heterocycles. The Balaban J connectivity index is 0.00000192. The minimum Gasteiger partial charge on any atom is -0.373 e. The first-order valence-corrected chi connectivity index (χ1v) is 8.24. The highest BCUT2D eigenvalue weighted by Gasteiger charge is 2.24. The van der Waals surface area contributed by atoms with E-state index < -0.39 is 0 Å². The van der Waals surface area contributed by atoms with Crippen molar-refractivity contribution in [3.05, 3.63) is 34.1 Å². The van der Waals surface area contributed by atoms with Gasteiger partial charge in [-0.25, -0.2) is 0 Å². The molecule has 126 valence electrons. The van der Waals surface area contributed by atoms with E-state index in [0.717, 1.165) is 41.2 Å². The van der Waals surface area contributed by atoms with Crippen LogP contribution in [-0.2, 0) is 11.3 Å². The number of benzene rings is 1.